The summed E-state index contributed by atoms with van der Waals surface area (Å²) in [7, 11) is 1.49. The van der Waals surface area contributed by atoms with Crippen LogP contribution in [0.3, 0.4) is 0 Å². The molecule has 4 nitrogen and oxygen atoms in total. The highest BCUT2D eigenvalue weighted by atomic mass is 19.4. The maximum atomic E-state index is 12.5. The summed E-state index contributed by atoms with van der Waals surface area (Å²) in [5.74, 6) is -1.01. The van der Waals surface area contributed by atoms with Gasteiger partial charge in [0.1, 0.15) is 6.04 Å². The van der Waals surface area contributed by atoms with E-state index >= 15 is 0 Å². The summed E-state index contributed by atoms with van der Waals surface area (Å²) < 4.78 is 42.6. The molecule has 0 radical (unpaired) electrons. The Morgan fingerprint density at radius 3 is 2.40 bits per heavy atom. The highest BCUT2D eigenvalue weighted by Crippen LogP contribution is 2.32. The summed E-state index contributed by atoms with van der Waals surface area (Å²) in [5.41, 5.74) is -0.305. The first-order valence-electron chi connectivity index (χ1n) is 6.02. The van der Waals surface area contributed by atoms with E-state index < -0.39 is 23.8 Å². The lowest BCUT2D eigenvalue weighted by Crippen LogP contribution is -2.36. The van der Waals surface area contributed by atoms with Crippen LogP contribution in [0.4, 0.5) is 18.9 Å². The Balaban J connectivity index is 2.23. The van der Waals surface area contributed by atoms with E-state index in [0.717, 1.165) is 12.1 Å². The molecule has 2 unspecified atom stereocenters. The maximum Gasteiger partial charge on any atom is 0.416 e. The third-order valence-corrected chi connectivity index (χ3v) is 3.41. The van der Waals surface area contributed by atoms with Crippen molar-refractivity contribution in [3.63, 3.8) is 0 Å². The molecule has 0 aliphatic carbocycles. The second-order valence-corrected chi connectivity index (χ2v) is 4.64. The van der Waals surface area contributed by atoms with E-state index in [2.05, 4.69) is 0 Å². The Morgan fingerprint density at radius 1 is 1.35 bits per heavy atom. The number of carboxylic acids is 1. The molecule has 1 aliphatic heterocycles. The largest absolute Gasteiger partial charge is 0.480 e. The molecule has 1 aliphatic rings. The van der Waals surface area contributed by atoms with E-state index in [1.165, 1.54) is 19.2 Å². The summed E-state index contributed by atoms with van der Waals surface area (Å²) in [5, 5.41) is 9.16. The molecule has 0 aromatic heterocycles. The van der Waals surface area contributed by atoms with Crippen LogP contribution in [-0.2, 0) is 15.7 Å². The number of nitrogens with zero attached hydrogens (tertiary/aromatic N) is 1. The van der Waals surface area contributed by atoms with Crippen LogP contribution in [0.15, 0.2) is 24.3 Å². The third-order valence-electron chi connectivity index (χ3n) is 3.41. The number of hydrogen-bond donors (Lipinski definition) is 1. The molecule has 2 rings (SSSR count). The van der Waals surface area contributed by atoms with E-state index in [4.69, 9.17) is 9.84 Å². The monoisotopic (exact) mass is 289 g/mol. The lowest BCUT2D eigenvalue weighted by molar-refractivity contribution is -0.139. The van der Waals surface area contributed by atoms with E-state index in [1.807, 2.05) is 0 Å². The quantitative estimate of drug-likeness (QED) is 0.928. The van der Waals surface area contributed by atoms with Crippen LogP contribution in [-0.4, -0.2) is 36.9 Å². The standard InChI is InChI=1S/C13H14F3NO3/c1-20-10-6-11(12(18)19)17(7-10)9-4-2-8(3-5-9)13(14,15)16/h2-5,10-11H,6-7H2,1H3,(H,18,19). The molecule has 1 aromatic carbocycles. The van der Waals surface area contributed by atoms with Gasteiger partial charge in [0.2, 0.25) is 0 Å². The molecule has 0 saturated carbocycles. The molecule has 0 amide bonds. The van der Waals surface area contributed by atoms with E-state index in [9.17, 15) is 18.0 Å². The van der Waals surface area contributed by atoms with Crippen LogP contribution in [0, 0.1) is 0 Å². The van der Waals surface area contributed by atoms with Crippen molar-refractivity contribution in [1.29, 1.82) is 0 Å². The second kappa shape index (κ2) is 5.32. The molecule has 1 saturated heterocycles. The zero-order valence-electron chi connectivity index (χ0n) is 10.7. The number of benzene rings is 1. The zero-order valence-corrected chi connectivity index (χ0v) is 10.7. The molecule has 20 heavy (non-hydrogen) atoms. The Morgan fingerprint density at radius 2 is 1.95 bits per heavy atom. The van der Waals surface area contributed by atoms with Crippen LogP contribution in [0.5, 0.6) is 0 Å². The Labute approximate surface area is 113 Å². The minimum atomic E-state index is -4.40. The van der Waals surface area contributed by atoms with Gasteiger partial charge in [-0.25, -0.2) is 4.79 Å². The van der Waals surface area contributed by atoms with Gasteiger partial charge in [0.25, 0.3) is 0 Å². The molecule has 1 fully saturated rings. The summed E-state index contributed by atoms with van der Waals surface area (Å²) >= 11 is 0. The van der Waals surface area contributed by atoms with Crippen LogP contribution < -0.4 is 4.90 Å². The van der Waals surface area contributed by atoms with Crippen molar-refractivity contribution in [2.24, 2.45) is 0 Å². The SMILES string of the molecule is COC1CC(C(=O)O)N(c2ccc(C(F)(F)F)cc2)C1. The molecule has 0 spiro atoms. The van der Waals surface area contributed by atoms with E-state index in [-0.39, 0.29) is 6.10 Å². The van der Waals surface area contributed by atoms with Gasteiger partial charge in [-0.2, -0.15) is 13.2 Å². The van der Waals surface area contributed by atoms with Crippen LogP contribution in [0.25, 0.3) is 0 Å². The molecular formula is C13H14F3NO3. The fourth-order valence-electron chi connectivity index (χ4n) is 2.33. The van der Waals surface area contributed by atoms with Gasteiger partial charge < -0.3 is 14.7 Å². The lowest BCUT2D eigenvalue weighted by Gasteiger charge is -2.23. The summed E-state index contributed by atoms with van der Waals surface area (Å²) in [6.07, 6.45) is -4.32. The normalized spacial score (nSPS) is 23.1. The number of carbonyl (C=O) groups is 1. The average molecular weight is 289 g/mol. The first-order valence-corrected chi connectivity index (χ1v) is 6.02. The van der Waals surface area contributed by atoms with Gasteiger partial charge in [0.05, 0.1) is 11.7 Å². The van der Waals surface area contributed by atoms with Crippen LogP contribution in [0.2, 0.25) is 0 Å². The van der Waals surface area contributed by atoms with Crippen molar-refractivity contribution in [1.82, 2.24) is 0 Å². The summed E-state index contributed by atoms with van der Waals surface area (Å²) in [6, 6.07) is 3.70. The predicted octanol–water partition coefficient (Wildman–Crippen LogP) is 2.38. The van der Waals surface area contributed by atoms with Crippen molar-refractivity contribution < 1.29 is 27.8 Å². The molecular weight excluding hydrogens is 275 g/mol. The van der Waals surface area contributed by atoms with E-state index in [1.54, 1.807) is 4.90 Å². The molecule has 2 atom stereocenters. The predicted molar refractivity (Wildman–Crippen MR) is 65.6 cm³/mol. The van der Waals surface area contributed by atoms with Gasteiger partial charge in [-0.1, -0.05) is 0 Å². The molecule has 0 bridgehead atoms. The number of carboxylic acid groups (broad SMARTS) is 1. The van der Waals surface area contributed by atoms with Gasteiger partial charge >= 0.3 is 12.1 Å². The van der Waals surface area contributed by atoms with Crippen molar-refractivity contribution in [3.05, 3.63) is 29.8 Å². The Bertz CT molecular complexity index is 487. The van der Waals surface area contributed by atoms with Crippen LogP contribution in [0.1, 0.15) is 12.0 Å². The lowest BCUT2D eigenvalue weighted by atomic mass is 10.1. The van der Waals surface area contributed by atoms with Crippen molar-refractivity contribution in [2.75, 3.05) is 18.6 Å². The number of halogens is 3. The third kappa shape index (κ3) is 2.87. The van der Waals surface area contributed by atoms with Crippen molar-refractivity contribution >= 4 is 11.7 Å². The van der Waals surface area contributed by atoms with Gasteiger partial charge in [-0.15, -0.1) is 0 Å². The molecule has 7 heteroatoms. The second-order valence-electron chi connectivity index (χ2n) is 4.64. The minimum absolute atomic E-state index is 0.238. The fourth-order valence-corrected chi connectivity index (χ4v) is 2.33. The average Bonchev–Trinajstić information content (AvgIpc) is 2.82. The summed E-state index contributed by atoms with van der Waals surface area (Å²) in [4.78, 5) is 12.7. The number of ether oxygens (including phenoxy) is 1. The molecule has 110 valence electrons. The van der Waals surface area contributed by atoms with Gasteiger partial charge in [-0.05, 0) is 24.3 Å². The fraction of sp³-hybridized carbons (Fsp3) is 0.462. The number of hydrogen-bond acceptors (Lipinski definition) is 3. The number of aliphatic carboxylic acids is 1. The smallest absolute Gasteiger partial charge is 0.416 e. The highest BCUT2D eigenvalue weighted by Gasteiger charge is 2.37. The van der Waals surface area contributed by atoms with Crippen molar-refractivity contribution in [3.8, 4) is 0 Å². The Hall–Kier alpha value is -1.76. The first kappa shape index (κ1) is 14.6. The molecule has 1 heterocycles. The van der Waals surface area contributed by atoms with Crippen LogP contribution >= 0.6 is 0 Å². The molecule has 1 aromatic rings. The minimum Gasteiger partial charge on any atom is -0.480 e. The van der Waals surface area contributed by atoms with Crippen molar-refractivity contribution in [2.45, 2.75) is 24.7 Å². The number of alkyl halides is 3. The summed E-state index contributed by atoms with van der Waals surface area (Å²) in [6.45, 7) is 0.346. The van der Waals surface area contributed by atoms with Gasteiger partial charge in [0, 0.05) is 25.8 Å². The zero-order chi connectivity index (χ0) is 14.9. The van der Waals surface area contributed by atoms with Gasteiger partial charge in [-0.3, -0.25) is 0 Å². The van der Waals surface area contributed by atoms with Gasteiger partial charge in [0.15, 0.2) is 0 Å². The number of anilines is 1. The molecule has 1 N–H and O–H groups in total. The maximum absolute atomic E-state index is 12.5. The highest BCUT2D eigenvalue weighted by molar-refractivity contribution is 5.79. The van der Waals surface area contributed by atoms with E-state index in [0.29, 0.717) is 18.7 Å². The first-order chi connectivity index (χ1) is 9.32. The topological polar surface area (TPSA) is 49.8 Å². The Kier molecular flexibility index (Phi) is 3.89. The number of rotatable bonds is 3. The number of methoxy groups -OCH3 is 1.